The lowest BCUT2D eigenvalue weighted by molar-refractivity contribution is -0.218. The van der Waals surface area contributed by atoms with Gasteiger partial charge in [-0.1, -0.05) is 20.8 Å². The van der Waals surface area contributed by atoms with E-state index in [9.17, 15) is 19.5 Å². The fourth-order valence-corrected chi connectivity index (χ4v) is 9.42. The third-order valence-corrected chi connectivity index (χ3v) is 11.2. The highest BCUT2D eigenvalue weighted by Gasteiger charge is 2.66. The van der Waals surface area contributed by atoms with Crippen LogP contribution in [0.4, 0.5) is 0 Å². The van der Waals surface area contributed by atoms with E-state index in [1.165, 1.54) is 21.0 Å². The van der Waals surface area contributed by atoms with E-state index in [4.69, 9.17) is 14.2 Å². The Morgan fingerprint density at radius 1 is 0.972 bits per heavy atom. The second-order valence-corrected chi connectivity index (χ2v) is 12.8. The maximum Gasteiger partial charge on any atom is 0.305 e. The lowest BCUT2D eigenvalue weighted by Gasteiger charge is -2.64. The first-order valence-corrected chi connectivity index (χ1v) is 14.0. The Balaban J connectivity index is 1.62. The number of rotatable bonds is 6. The standard InChI is InChI=1S/C29H46O7/c1-16(7-10-26(33)34-6)21-8-9-22-27-23(15-25(32)29(21,22)5)28(4)12-11-20(35-17(2)30)13-19(28)14-24(27)36-18(3)31/h16,19-25,27,32H,7-15H2,1-6H3/t16-,19+,20-,21-,22+,23?,24-,25+,27?,28+,29-/m1/s1. The molecular weight excluding hydrogens is 460 g/mol. The van der Waals surface area contributed by atoms with E-state index in [-0.39, 0.29) is 64.6 Å². The van der Waals surface area contributed by atoms with Gasteiger partial charge in [-0.05, 0) is 91.8 Å². The van der Waals surface area contributed by atoms with Gasteiger partial charge in [-0.2, -0.15) is 0 Å². The lowest BCUT2D eigenvalue weighted by atomic mass is 9.43. The zero-order valence-corrected chi connectivity index (χ0v) is 23.0. The normalized spacial score (nSPS) is 44.4. The fraction of sp³-hybridized carbons (Fsp3) is 0.897. The smallest absolute Gasteiger partial charge is 0.305 e. The van der Waals surface area contributed by atoms with Crippen molar-refractivity contribution in [2.24, 2.45) is 46.3 Å². The summed E-state index contributed by atoms with van der Waals surface area (Å²) in [6.45, 7) is 9.78. The van der Waals surface area contributed by atoms with E-state index in [2.05, 4.69) is 20.8 Å². The summed E-state index contributed by atoms with van der Waals surface area (Å²) in [7, 11) is 1.43. The average molecular weight is 507 g/mol. The monoisotopic (exact) mass is 506 g/mol. The predicted octanol–water partition coefficient (Wildman–Crippen LogP) is 4.68. The first-order chi connectivity index (χ1) is 16.9. The van der Waals surface area contributed by atoms with Gasteiger partial charge in [0.05, 0.1) is 13.2 Å². The largest absolute Gasteiger partial charge is 0.469 e. The minimum atomic E-state index is -0.434. The van der Waals surface area contributed by atoms with Crippen molar-refractivity contribution in [2.45, 2.75) is 111 Å². The van der Waals surface area contributed by atoms with Crippen LogP contribution in [0.1, 0.15) is 92.4 Å². The zero-order chi connectivity index (χ0) is 26.4. The molecule has 11 atom stereocenters. The molecule has 204 valence electrons. The summed E-state index contributed by atoms with van der Waals surface area (Å²) in [5, 5.41) is 11.8. The molecule has 0 aromatic rings. The molecular formula is C29H46O7. The topological polar surface area (TPSA) is 99.1 Å². The molecule has 0 saturated heterocycles. The number of carbonyl (C=O) groups is 3. The summed E-state index contributed by atoms with van der Waals surface area (Å²) in [5.41, 5.74) is -0.248. The van der Waals surface area contributed by atoms with Gasteiger partial charge in [0.2, 0.25) is 0 Å². The van der Waals surface area contributed by atoms with Crippen molar-refractivity contribution < 1.29 is 33.7 Å². The molecule has 2 unspecified atom stereocenters. The van der Waals surface area contributed by atoms with Crippen LogP contribution in [0.2, 0.25) is 0 Å². The van der Waals surface area contributed by atoms with E-state index >= 15 is 0 Å². The minimum absolute atomic E-state index is 0.0227. The SMILES string of the molecule is COC(=O)CC[C@@H](C)[C@H]1CC[C@H]2C3C(C[C@H](O)[C@]12C)[C@@]1(C)CC[C@@H](OC(C)=O)C[C@H]1C[C@H]3OC(C)=O. The van der Waals surface area contributed by atoms with Crippen LogP contribution in [-0.4, -0.2) is 48.4 Å². The maximum atomic E-state index is 12.2. The Labute approximate surface area is 216 Å². The van der Waals surface area contributed by atoms with E-state index in [0.717, 1.165) is 44.9 Å². The van der Waals surface area contributed by atoms with Crippen molar-refractivity contribution in [1.29, 1.82) is 0 Å². The van der Waals surface area contributed by atoms with Crippen molar-refractivity contribution >= 4 is 17.9 Å². The Bertz CT molecular complexity index is 857. The van der Waals surface area contributed by atoms with Gasteiger partial charge in [0.15, 0.2) is 0 Å². The number of hydrogen-bond donors (Lipinski definition) is 1. The molecule has 0 aromatic carbocycles. The molecule has 4 aliphatic rings. The van der Waals surface area contributed by atoms with Gasteiger partial charge in [0, 0.05) is 26.2 Å². The van der Waals surface area contributed by atoms with Crippen LogP contribution in [0, 0.1) is 46.3 Å². The zero-order valence-electron chi connectivity index (χ0n) is 23.0. The summed E-state index contributed by atoms with van der Waals surface area (Å²) >= 11 is 0. The Hall–Kier alpha value is -1.63. The van der Waals surface area contributed by atoms with Crippen LogP contribution >= 0.6 is 0 Å². The van der Waals surface area contributed by atoms with E-state index in [1.807, 2.05) is 0 Å². The molecule has 4 aliphatic carbocycles. The molecule has 0 spiro atoms. The molecule has 0 aromatic heterocycles. The highest BCUT2D eigenvalue weighted by atomic mass is 16.5. The number of aliphatic hydroxyl groups excluding tert-OH is 1. The molecule has 7 heteroatoms. The number of fused-ring (bicyclic) bond motifs is 5. The number of esters is 3. The van der Waals surface area contributed by atoms with Crippen molar-refractivity contribution in [2.75, 3.05) is 7.11 Å². The summed E-state index contributed by atoms with van der Waals surface area (Å²) in [4.78, 5) is 35.7. The van der Waals surface area contributed by atoms with Crippen molar-refractivity contribution in [3.63, 3.8) is 0 Å². The molecule has 1 N–H and O–H groups in total. The van der Waals surface area contributed by atoms with Gasteiger partial charge in [-0.3, -0.25) is 14.4 Å². The van der Waals surface area contributed by atoms with Gasteiger partial charge < -0.3 is 19.3 Å². The van der Waals surface area contributed by atoms with Gasteiger partial charge in [0.25, 0.3) is 0 Å². The molecule has 4 saturated carbocycles. The van der Waals surface area contributed by atoms with E-state index in [0.29, 0.717) is 24.7 Å². The van der Waals surface area contributed by atoms with Crippen LogP contribution in [0.15, 0.2) is 0 Å². The Morgan fingerprint density at radius 2 is 1.67 bits per heavy atom. The van der Waals surface area contributed by atoms with Crippen molar-refractivity contribution in [3.05, 3.63) is 0 Å². The Morgan fingerprint density at radius 3 is 2.31 bits per heavy atom. The second-order valence-electron chi connectivity index (χ2n) is 12.8. The quantitative estimate of drug-likeness (QED) is 0.412. The van der Waals surface area contributed by atoms with Gasteiger partial charge in [0.1, 0.15) is 12.2 Å². The van der Waals surface area contributed by atoms with E-state index in [1.54, 1.807) is 0 Å². The molecule has 0 aliphatic heterocycles. The lowest BCUT2D eigenvalue weighted by Crippen LogP contribution is -2.63. The van der Waals surface area contributed by atoms with Crippen LogP contribution in [0.3, 0.4) is 0 Å². The van der Waals surface area contributed by atoms with Crippen LogP contribution in [0.5, 0.6) is 0 Å². The summed E-state index contributed by atoms with van der Waals surface area (Å²) in [6.07, 6.45) is 6.59. The summed E-state index contributed by atoms with van der Waals surface area (Å²) < 4.78 is 16.5. The number of hydrogen-bond acceptors (Lipinski definition) is 7. The van der Waals surface area contributed by atoms with Crippen LogP contribution < -0.4 is 0 Å². The van der Waals surface area contributed by atoms with Crippen LogP contribution in [-0.2, 0) is 28.6 Å². The molecule has 4 rings (SSSR count). The Kier molecular flexibility index (Phi) is 7.81. The third kappa shape index (κ3) is 4.69. The number of aliphatic hydroxyl groups is 1. The minimum Gasteiger partial charge on any atom is -0.469 e. The molecule has 36 heavy (non-hydrogen) atoms. The summed E-state index contributed by atoms with van der Waals surface area (Å²) in [5.74, 6) is 0.965. The molecule has 0 amide bonds. The van der Waals surface area contributed by atoms with Crippen molar-refractivity contribution in [1.82, 2.24) is 0 Å². The molecule has 0 bridgehead atoms. The van der Waals surface area contributed by atoms with Gasteiger partial charge >= 0.3 is 17.9 Å². The van der Waals surface area contributed by atoms with Gasteiger partial charge in [-0.15, -0.1) is 0 Å². The number of methoxy groups -OCH3 is 1. The van der Waals surface area contributed by atoms with Crippen molar-refractivity contribution in [3.8, 4) is 0 Å². The highest BCUT2D eigenvalue weighted by Crippen LogP contribution is 2.68. The fourth-order valence-electron chi connectivity index (χ4n) is 9.42. The second kappa shape index (κ2) is 10.3. The molecule has 0 radical (unpaired) electrons. The highest BCUT2D eigenvalue weighted by molar-refractivity contribution is 5.69. The number of carbonyl (C=O) groups excluding carboxylic acids is 3. The average Bonchev–Trinajstić information content (AvgIpc) is 3.16. The molecule has 0 heterocycles. The summed E-state index contributed by atoms with van der Waals surface area (Å²) in [6, 6.07) is 0. The van der Waals surface area contributed by atoms with Crippen LogP contribution in [0.25, 0.3) is 0 Å². The first kappa shape index (κ1) is 27.4. The maximum absolute atomic E-state index is 12.2. The third-order valence-electron chi connectivity index (χ3n) is 11.2. The number of ether oxygens (including phenoxy) is 3. The molecule has 7 nitrogen and oxygen atoms in total. The van der Waals surface area contributed by atoms with E-state index < -0.39 is 6.10 Å². The van der Waals surface area contributed by atoms with Gasteiger partial charge in [-0.25, -0.2) is 0 Å². The molecule has 4 fully saturated rings. The predicted molar refractivity (Wildman–Crippen MR) is 134 cm³/mol. The first-order valence-electron chi connectivity index (χ1n) is 14.0.